The maximum absolute atomic E-state index is 12.1. The van der Waals surface area contributed by atoms with Crippen molar-refractivity contribution in [2.45, 2.75) is 11.3 Å². The minimum atomic E-state index is -5.06. The third-order valence-electron chi connectivity index (χ3n) is 1.60. The Kier molecular flexibility index (Phi) is 3.60. The summed E-state index contributed by atoms with van der Waals surface area (Å²) in [5.41, 5.74) is 4.83. The predicted molar refractivity (Wildman–Crippen MR) is 56.6 cm³/mol. The zero-order chi connectivity index (χ0) is 13.4. The molecule has 0 fully saturated rings. The van der Waals surface area contributed by atoms with Crippen LogP contribution in [0.15, 0.2) is 21.5 Å². The van der Waals surface area contributed by atoms with Crippen LogP contribution >= 0.6 is 15.9 Å². The van der Waals surface area contributed by atoms with Gasteiger partial charge in [-0.15, -0.1) is 13.2 Å². The minimum absolute atomic E-state index is 0.229. The average Bonchev–Trinajstić information content (AvgIpc) is 2.06. The van der Waals surface area contributed by atoms with Crippen molar-refractivity contribution in [3.8, 4) is 5.75 Å². The second-order valence-electron chi connectivity index (χ2n) is 2.89. The zero-order valence-corrected chi connectivity index (χ0v) is 10.4. The van der Waals surface area contributed by atoms with Gasteiger partial charge in [0.25, 0.3) is 0 Å². The number of hydrogen-bond donors (Lipinski definition) is 2. The Morgan fingerprint density at radius 1 is 1.29 bits per heavy atom. The van der Waals surface area contributed by atoms with Crippen molar-refractivity contribution < 1.29 is 26.3 Å². The number of sulfonamides is 1. The molecule has 0 aromatic heterocycles. The number of hydrogen-bond acceptors (Lipinski definition) is 4. The van der Waals surface area contributed by atoms with Crippen LogP contribution in [0.4, 0.5) is 18.9 Å². The maximum atomic E-state index is 12.1. The van der Waals surface area contributed by atoms with Gasteiger partial charge in [-0.2, -0.15) is 0 Å². The number of benzene rings is 1. The lowest BCUT2D eigenvalue weighted by Gasteiger charge is -2.15. The summed E-state index contributed by atoms with van der Waals surface area (Å²) in [5, 5.41) is 4.77. The van der Waals surface area contributed by atoms with Gasteiger partial charge in [0.05, 0.1) is 10.2 Å². The van der Waals surface area contributed by atoms with Gasteiger partial charge in [0, 0.05) is 0 Å². The van der Waals surface area contributed by atoms with Crippen LogP contribution in [0.5, 0.6) is 5.75 Å². The van der Waals surface area contributed by atoms with E-state index in [9.17, 15) is 21.6 Å². The fourth-order valence-corrected chi connectivity index (χ4v) is 2.41. The summed E-state index contributed by atoms with van der Waals surface area (Å²) in [7, 11) is -4.44. The van der Waals surface area contributed by atoms with Crippen LogP contribution in [-0.2, 0) is 10.0 Å². The van der Waals surface area contributed by atoms with Gasteiger partial charge in [-0.25, -0.2) is 13.6 Å². The molecular formula is C7H6BrF3N2O3S. The van der Waals surface area contributed by atoms with Crippen molar-refractivity contribution in [1.29, 1.82) is 0 Å². The van der Waals surface area contributed by atoms with Gasteiger partial charge in [0.2, 0.25) is 10.0 Å². The molecule has 10 heteroatoms. The van der Waals surface area contributed by atoms with E-state index in [1.807, 2.05) is 0 Å². The second-order valence-corrected chi connectivity index (χ2v) is 5.24. The van der Waals surface area contributed by atoms with Gasteiger partial charge in [0.1, 0.15) is 4.90 Å². The number of halogens is 4. The van der Waals surface area contributed by atoms with Crippen molar-refractivity contribution in [2.75, 3.05) is 5.73 Å². The Balaban J connectivity index is 3.52. The summed E-state index contributed by atoms with van der Waals surface area (Å²) in [4.78, 5) is -0.913. The second kappa shape index (κ2) is 4.35. The van der Waals surface area contributed by atoms with Gasteiger partial charge < -0.3 is 10.5 Å². The first-order valence-corrected chi connectivity index (χ1v) is 6.23. The minimum Gasteiger partial charge on any atom is -0.403 e. The molecule has 0 heterocycles. The van der Waals surface area contributed by atoms with Crippen LogP contribution in [0.3, 0.4) is 0 Å². The van der Waals surface area contributed by atoms with Crippen LogP contribution in [0, 0.1) is 0 Å². The maximum Gasteiger partial charge on any atom is 0.573 e. The highest BCUT2D eigenvalue weighted by Gasteiger charge is 2.35. The van der Waals surface area contributed by atoms with E-state index in [0.717, 1.165) is 12.1 Å². The number of rotatable bonds is 2. The van der Waals surface area contributed by atoms with Crippen molar-refractivity contribution >= 4 is 31.6 Å². The van der Waals surface area contributed by atoms with Gasteiger partial charge in [-0.1, -0.05) is 0 Å². The van der Waals surface area contributed by atoms with E-state index >= 15 is 0 Å². The predicted octanol–water partition coefficient (Wildman–Crippen LogP) is 1.58. The molecule has 0 aliphatic rings. The van der Waals surface area contributed by atoms with Crippen LogP contribution < -0.4 is 15.6 Å². The Morgan fingerprint density at radius 3 is 2.24 bits per heavy atom. The third-order valence-corrected chi connectivity index (χ3v) is 3.21. The fraction of sp³-hybridized carbons (Fsp3) is 0.143. The SMILES string of the molecule is Nc1ccc(Br)c(OC(F)(F)F)c1S(N)(=O)=O. The van der Waals surface area contributed by atoms with E-state index < -0.39 is 32.7 Å². The number of primary sulfonamides is 1. The Bertz CT molecular complexity index is 544. The standard InChI is InChI=1S/C7H6BrF3N2O3S/c8-3-1-2-4(12)6(17(13,14)15)5(3)16-7(9,10)11/h1-2H,12H2,(H2,13,14,15). The van der Waals surface area contributed by atoms with Gasteiger partial charge >= 0.3 is 6.36 Å². The normalized spacial score (nSPS) is 12.5. The van der Waals surface area contributed by atoms with E-state index in [1.165, 1.54) is 0 Å². The molecule has 1 aromatic carbocycles. The summed E-state index contributed by atoms with van der Waals surface area (Å²) in [6.45, 7) is 0. The van der Waals surface area contributed by atoms with Crippen LogP contribution in [0.25, 0.3) is 0 Å². The van der Waals surface area contributed by atoms with E-state index in [1.54, 1.807) is 0 Å². The summed E-state index contributed by atoms with van der Waals surface area (Å²) >= 11 is 2.73. The molecule has 5 nitrogen and oxygen atoms in total. The summed E-state index contributed by atoms with van der Waals surface area (Å²) < 4.78 is 61.9. The highest BCUT2D eigenvalue weighted by molar-refractivity contribution is 9.10. The number of ether oxygens (including phenoxy) is 1. The Morgan fingerprint density at radius 2 is 1.82 bits per heavy atom. The lowest BCUT2D eigenvalue weighted by Crippen LogP contribution is -2.22. The molecule has 0 atom stereocenters. The molecule has 1 rings (SSSR count). The number of alkyl halides is 3. The van der Waals surface area contributed by atoms with Gasteiger partial charge in [-0.05, 0) is 28.1 Å². The number of anilines is 1. The number of nitrogens with two attached hydrogens (primary N) is 2. The summed E-state index contributed by atoms with van der Waals surface area (Å²) in [5.74, 6) is -0.986. The summed E-state index contributed by atoms with van der Waals surface area (Å²) in [6.07, 6.45) is -5.06. The molecule has 0 saturated heterocycles. The van der Waals surface area contributed by atoms with E-state index in [2.05, 4.69) is 20.7 Å². The van der Waals surface area contributed by atoms with Gasteiger partial charge in [-0.3, -0.25) is 0 Å². The monoisotopic (exact) mass is 334 g/mol. The largest absolute Gasteiger partial charge is 0.573 e. The molecule has 0 radical (unpaired) electrons. The highest BCUT2D eigenvalue weighted by atomic mass is 79.9. The topological polar surface area (TPSA) is 95.4 Å². The first-order valence-electron chi connectivity index (χ1n) is 3.89. The van der Waals surface area contributed by atoms with Crippen LogP contribution in [0.2, 0.25) is 0 Å². The zero-order valence-electron chi connectivity index (χ0n) is 7.95. The Hall–Kier alpha value is -1.00. The van der Waals surface area contributed by atoms with Crippen LogP contribution in [0.1, 0.15) is 0 Å². The lowest BCUT2D eigenvalue weighted by atomic mass is 10.3. The van der Waals surface area contributed by atoms with E-state index in [-0.39, 0.29) is 4.47 Å². The molecule has 0 aliphatic heterocycles. The molecule has 0 amide bonds. The first kappa shape index (κ1) is 14.1. The lowest BCUT2D eigenvalue weighted by molar-refractivity contribution is -0.275. The molecule has 0 bridgehead atoms. The molecule has 0 spiro atoms. The Labute approximate surface area is 103 Å². The third kappa shape index (κ3) is 3.48. The molecule has 96 valence electrons. The van der Waals surface area contributed by atoms with Crippen molar-refractivity contribution in [2.24, 2.45) is 5.14 Å². The fourth-order valence-electron chi connectivity index (χ4n) is 1.06. The molecule has 0 aliphatic carbocycles. The van der Waals surface area contributed by atoms with E-state index in [4.69, 9.17) is 10.9 Å². The molecule has 0 unspecified atom stereocenters. The quantitative estimate of drug-likeness (QED) is 0.802. The number of nitrogen functional groups attached to an aromatic ring is 1. The highest BCUT2D eigenvalue weighted by Crippen LogP contribution is 2.38. The van der Waals surface area contributed by atoms with Crippen molar-refractivity contribution in [1.82, 2.24) is 0 Å². The average molecular weight is 335 g/mol. The molecule has 4 N–H and O–H groups in total. The van der Waals surface area contributed by atoms with E-state index in [0.29, 0.717) is 0 Å². The molecule has 17 heavy (non-hydrogen) atoms. The molecule has 1 aromatic rings. The first-order chi connectivity index (χ1) is 7.52. The smallest absolute Gasteiger partial charge is 0.403 e. The van der Waals surface area contributed by atoms with Crippen LogP contribution in [-0.4, -0.2) is 14.8 Å². The van der Waals surface area contributed by atoms with Gasteiger partial charge in [0.15, 0.2) is 5.75 Å². The van der Waals surface area contributed by atoms with Crippen molar-refractivity contribution in [3.63, 3.8) is 0 Å². The molecule has 0 saturated carbocycles. The summed E-state index contributed by atoms with van der Waals surface area (Å²) in [6, 6.07) is 2.21. The molecular weight excluding hydrogens is 329 g/mol. The van der Waals surface area contributed by atoms with Crippen molar-refractivity contribution in [3.05, 3.63) is 16.6 Å².